The molecule has 1 aromatic heterocycles. The summed E-state index contributed by atoms with van der Waals surface area (Å²) in [5.74, 6) is 2.83. The van der Waals surface area contributed by atoms with Gasteiger partial charge in [0.2, 0.25) is 0 Å². The summed E-state index contributed by atoms with van der Waals surface area (Å²) < 4.78 is 7.80. The number of nitrogens with zero attached hydrogens (tertiary/aromatic N) is 3. The highest BCUT2D eigenvalue weighted by molar-refractivity contribution is 9.10. The van der Waals surface area contributed by atoms with Crippen molar-refractivity contribution >= 4 is 32.9 Å². The number of hydrogen-bond acceptors (Lipinski definition) is 5. The molecule has 2 N–H and O–H groups in total. The summed E-state index contributed by atoms with van der Waals surface area (Å²) in [6, 6.07) is 6.17. The second-order valence-electron chi connectivity index (χ2n) is 19.8. The van der Waals surface area contributed by atoms with Crippen molar-refractivity contribution in [1.82, 2.24) is 20.0 Å². The molecule has 51 heavy (non-hydrogen) atoms. The van der Waals surface area contributed by atoms with E-state index in [-0.39, 0.29) is 33.9 Å². The van der Waals surface area contributed by atoms with E-state index in [2.05, 4.69) is 92.1 Å². The van der Waals surface area contributed by atoms with E-state index in [0.29, 0.717) is 48.6 Å². The van der Waals surface area contributed by atoms with Crippen LogP contribution in [0.2, 0.25) is 0 Å². The molecule has 8 heteroatoms. The van der Waals surface area contributed by atoms with E-state index in [1.807, 2.05) is 17.0 Å². The van der Waals surface area contributed by atoms with Crippen molar-refractivity contribution in [2.45, 2.75) is 125 Å². The summed E-state index contributed by atoms with van der Waals surface area (Å²) in [5, 5.41) is 20.6. The summed E-state index contributed by atoms with van der Waals surface area (Å²) in [4.78, 5) is 18.5. The van der Waals surface area contributed by atoms with Gasteiger partial charge in [0.25, 0.3) is 0 Å². The van der Waals surface area contributed by atoms with E-state index < -0.39 is 6.10 Å². The first-order valence-corrected chi connectivity index (χ1v) is 21.0. The number of hydrogen-bond donors (Lipinski definition) is 2. The lowest BCUT2D eigenvalue weighted by atomic mass is 9.32. The van der Waals surface area contributed by atoms with Crippen LogP contribution in [-0.4, -0.2) is 69.6 Å². The quantitative estimate of drug-likeness (QED) is 0.304. The summed E-state index contributed by atoms with van der Waals surface area (Å²) in [5.41, 5.74) is 3.89. The number of carbonyl (C=O) groups excluding carboxylic acids is 1. The van der Waals surface area contributed by atoms with Gasteiger partial charge in [-0.15, -0.1) is 0 Å². The summed E-state index contributed by atoms with van der Waals surface area (Å²) in [7, 11) is 0. The Labute approximate surface area is 314 Å². The maximum Gasteiger partial charge on any atom is 0.410 e. The molecule has 1 aromatic carbocycles. The highest BCUT2D eigenvalue weighted by atomic mass is 79.9. The van der Waals surface area contributed by atoms with Gasteiger partial charge in [-0.2, -0.15) is 5.10 Å². The largest absolute Gasteiger partial charge is 0.445 e. The molecular weight excluding hydrogens is 700 g/mol. The lowest BCUT2D eigenvalue weighted by molar-refractivity contribution is -0.273. The molecule has 1 saturated heterocycles. The van der Waals surface area contributed by atoms with Crippen LogP contribution in [0.5, 0.6) is 0 Å². The lowest BCUT2D eigenvalue weighted by Gasteiger charge is -2.73. The fourth-order valence-corrected chi connectivity index (χ4v) is 14.6. The van der Waals surface area contributed by atoms with Crippen LogP contribution in [0.15, 0.2) is 34.8 Å². The molecule has 0 bridgehead atoms. The van der Waals surface area contributed by atoms with Gasteiger partial charge in [0.15, 0.2) is 0 Å². The number of benzene rings is 1. The first-order chi connectivity index (χ1) is 24.0. The third-order valence-electron chi connectivity index (χ3n) is 17.4. The van der Waals surface area contributed by atoms with Gasteiger partial charge in [0.05, 0.1) is 17.3 Å². The van der Waals surface area contributed by atoms with Gasteiger partial charge in [-0.05, 0) is 128 Å². The van der Waals surface area contributed by atoms with Crippen LogP contribution >= 0.6 is 15.9 Å². The predicted molar refractivity (Wildman–Crippen MR) is 207 cm³/mol. The van der Waals surface area contributed by atoms with E-state index in [9.17, 15) is 9.90 Å². The molecule has 0 spiro atoms. The molecule has 1 unspecified atom stereocenters. The van der Waals surface area contributed by atoms with Crippen LogP contribution in [0.3, 0.4) is 0 Å². The number of halogens is 1. The average molecular weight is 764 g/mol. The van der Waals surface area contributed by atoms with Gasteiger partial charge in [-0.3, -0.25) is 10.00 Å². The zero-order valence-corrected chi connectivity index (χ0v) is 33.9. The van der Waals surface area contributed by atoms with Gasteiger partial charge in [-0.25, -0.2) is 4.79 Å². The number of ether oxygens (including phenoxy) is 1. The Morgan fingerprint density at radius 1 is 0.980 bits per heavy atom. The minimum absolute atomic E-state index is 0.159. The number of piperazine rings is 1. The van der Waals surface area contributed by atoms with Gasteiger partial charge < -0.3 is 14.7 Å². The first kappa shape index (κ1) is 36.1. The van der Waals surface area contributed by atoms with Crippen molar-refractivity contribution in [2.24, 2.45) is 56.7 Å². The highest BCUT2D eigenvalue weighted by Gasteiger charge is 2.72. The molecule has 8 rings (SSSR count). The number of H-pyrrole nitrogens is 1. The van der Waals surface area contributed by atoms with E-state index in [0.717, 1.165) is 53.0 Å². The maximum atomic E-state index is 14.2. The third kappa shape index (κ3) is 5.28. The average Bonchev–Trinajstić information content (AvgIpc) is 3.64. The minimum Gasteiger partial charge on any atom is -0.445 e. The number of aromatic amines is 1. The molecule has 280 valence electrons. The van der Waals surface area contributed by atoms with Crippen molar-refractivity contribution < 1.29 is 14.6 Å². The summed E-state index contributed by atoms with van der Waals surface area (Å²) in [6.07, 6.45) is 9.56. The van der Waals surface area contributed by atoms with Crippen molar-refractivity contribution in [1.29, 1.82) is 0 Å². The predicted octanol–water partition coefficient (Wildman–Crippen LogP) is 9.60. The molecule has 5 aliphatic carbocycles. The Balaban J connectivity index is 1.02. The number of aromatic nitrogens is 2. The maximum absolute atomic E-state index is 14.2. The molecule has 2 heterocycles. The smallest absolute Gasteiger partial charge is 0.410 e. The number of fused-ring (bicyclic) bond motifs is 8. The molecule has 2 aromatic rings. The van der Waals surface area contributed by atoms with Crippen LogP contribution in [0, 0.1) is 56.7 Å². The summed E-state index contributed by atoms with van der Waals surface area (Å²) >= 11 is 3.60. The number of aliphatic hydroxyl groups excluding tert-OH is 1. The second kappa shape index (κ2) is 12.3. The molecule has 6 aliphatic rings. The Kier molecular flexibility index (Phi) is 8.71. The molecule has 1 aliphatic heterocycles. The SMILES string of the molecule is C=C(C)[C@@H]1CC[C@]2(C)CC[C@]3(C)[C@H](CC[C@H]4[C@@]5(C)C(OC(=O)N6CCN(Cc7[nH]nc8ccc(Br)cc78)CC6)C[C@H](O)C(C)(C)[C@H]5CC[C@]43C)[C@@H]12. The van der Waals surface area contributed by atoms with Crippen molar-refractivity contribution in [3.8, 4) is 0 Å². The molecule has 6 fully saturated rings. The minimum atomic E-state index is -0.490. The lowest BCUT2D eigenvalue weighted by Crippen LogP contribution is -2.70. The van der Waals surface area contributed by atoms with E-state index in [4.69, 9.17) is 4.74 Å². The van der Waals surface area contributed by atoms with Crippen molar-refractivity contribution in [2.75, 3.05) is 26.2 Å². The van der Waals surface area contributed by atoms with E-state index in [1.54, 1.807) is 0 Å². The highest BCUT2D eigenvalue weighted by Crippen LogP contribution is 2.77. The van der Waals surface area contributed by atoms with Crippen LogP contribution in [-0.2, 0) is 11.3 Å². The van der Waals surface area contributed by atoms with Crippen molar-refractivity contribution in [3.63, 3.8) is 0 Å². The number of rotatable bonds is 4. The normalized spacial score (nSPS) is 43.5. The van der Waals surface area contributed by atoms with Gasteiger partial charge in [-0.1, -0.05) is 69.6 Å². The van der Waals surface area contributed by atoms with Gasteiger partial charge in [0, 0.05) is 54.4 Å². The van der Waals surface area contributed by atoms with Crippen LogP contribution in [0.1, 0.15) is 112 Å². The monoisotopic (exact) mass is 762 g/mol. The molecule has 5 saturated carbocycles. The van der Waals surface area contributed by atoms with Crippen molar-refractivity contribution in [3.05, 3.63) is 40.5 Å². The number of allylic oxidation sites excluding steroid dienone is 1. The molecule has 11 atom stereocenters. The zero-order chi connectivity index (χ0) is 36.3. The number of nitrogens with one attached hydrogen (secondary N) is 1. The Bertz CT molecular complexity index is 1700. The van der Waals surface area contributed by atoms with Gasteiger partial charge in [0.1, 0.15) is 6.10 Å². The fraction of sp³-hybridized carbons (Fsp3) is 0.767. The fourth-order valence-electron chi connectivity index (χ4n) is 14.2. The Morgan fingerprint density at radius 3 is 2.45 bits per heavy atom. The molecule has 7 nitrogen and oxygen atoms in total. The molecule has 1 amide bonds. The molecule has 0 radical (unpaired) electrons. The van der Waals surface area contributed by atoms with Crippen LogP contribution < -0.4 is 0 Å². The standard InChI is InChI=1S/C43H63BrN4O3/c1-26(2)28-13-15-40(5)17-18-41(6)30(37(28)40)10-12-34-42(41,7)16-14-33-39(3,4)35(49)24-36(43(33,34)8)51-38(50)48-21-19-47(20-22-48)25-32-29-23-27(44)9-11-31(29)45-46-32/h9,11,23,28,30,33-37,49H,1,10,12-22,24-25H2,2-8H3,(H,45,46)/t28-,30+,33+,34+,35-,36?,37+,40+,41+,42+,43-/m0/s1. The first-order valence-electron chi connectivity index (χ1n) is 20.2. The third-order valence-corrected chi connectivity index (χ3v) is 17.9. The second-order valence-corrected chi connectivity index (χ2v) is 20.7. The van der Waals surface area contributed by atoms with Gasteiger partial charge >= 0.3 is 6.09 Å². The Hall–Kier alpha value is -1.90. The number of carbonyl (C=O) groups is 1. The topological polar surface area (TPSA) is 81.7 Å². The molecular formula is C43H63BrN4O3. The van der Waals surface area contributed by atoms with Crippen LogP contribution in [0.25, 0.3) is 10.9 Å². The van der Waals surface area contributed by atoms with E-state index in [1.165, 1.54) is 50.5 Å². The Morgan fingerprint density at radius 2 is 1.73 bits per heavy atom. The zero-order valence-electron chi connectivity index (χ0n) is 32.4. The number of aliphatic hydroxyl groups is 1. The van der Waals surface area contributed by atoms with Crippen LogP contribution in [0.4, 0.5) is 4.79 Å². The summed E-state index contributed by atoms with van der Waals surface area (Å²) in [6.45, 7) is 25.4. The van der Waals surface area contributed by atoms with E-state index >= 15 is 0 Å². The number of amides is 1.